The molecule has 1 unspecified atom stereocenters. The molecule has 0 radical (unpaired) electrons. The Morgan fingerprint density at radius 2 is 2.07 bits per heavy atom. The summed E-state index contributed by atoms with van der Waals surface area (Å²) in [7, 11) is 0. The number of nitrogens with one attached hydrogen (secondary N) is 2. The van der Waals surface area contributed by atoms with Crippen LogP contribution in [0.4, 0.5) is 0 Å². The fourth-order valence-electron chi connectivity index (χ4n) is 1.11. The number of carbonyl (C=O) groups excluding carboxylic acids is 1. The Hall–Kier alpha value is -0.260. The number of aliphatic hydroxyl groups is 1. The van der Waals surface area contributed by atoms with Crippen molar-refractivity contribution in [1.82, 2.24) is 10.6 Å². The van der Waals surface area contributed by atoms with Crippen molar-refractivity contribution >= 4 is 17.7 Å². The standard InChI is InChI=1S/C10H20N2O2S/c1-9(2,10(3,4)14)12-8(13)7-5-15-6-11-7/h7,11,14H,5-6H2,1-4H3,(H,12,13). The van der Waals surface area contributed by atoms with Crippen LogP contribution in [-0.2, 0) is 4.79 Å². The van der Waals surface area contributed by atoms with Gasteiger partial charge in [0.15, 0.2) is 0 Å². The average molecular weight is 232 g/mol. The van der Waals surface area contributed by atoms with Gasteiger partial charge in [0.2, 0.25) is 5.91 Å². The van der Waals surface area contributed by atoms with Crippen LogP contribution >= 0.6 is 11.8 Å². The maximum absolute atomic E-state index is 11.8. The molecular weight excluding hydrogens is 212 g/mol. The van der Waals surface area contributed by atoms with Crippen molar-refractivity contribution in [3.05, 3.63) is 0 Å². The molecule has 1 aliphatic heterocycles. The summed E-state index contributed by atoms with van der Waals surface area (Å²) in [5.41, 5.74) is -1.56. The van der Waals surface area contributed by atoms with E-state index in [2.05, 4.69) is 10.6 Å². The first kappa shape index (κ1) is 12.8. The van der Waals surface area contributed by atoms with Gasteiger partial charge >= 0.3 is 0 Å². The summed E-state index contributed by atoms with van der Waals surface area (Å²) in [6.45, 7) is 7.05. The lowest BCUT2D eigenvalue weighted by Gasteiger charge is -2.38. The second-order valence-corrected chi connectivity index (χ2v) is 5.98. The summed E-state index contributed by atoms with van der Waals surface area (Å²) in [6, 6.07) is -0.128. The number of amides is 1. The van der Waals surface area contributed by atoms with Crippen molar-refractivity contribution < 1.29 is 9.90 Å². The Kier molecular flexibility index (Phi) is 3.68. The number of thioether (sulfide) groups is 1. The van der Waals surface area contributed by atoms with E-state index < -0.39 is 11.1 Å². The molecule has 15 heavy (non-hydrogen) atoms. The molecule has 88 valence electrons. The molecule has 0 aliphatic carbocycles. The predicted molar refractivity (Wildman–Crippen MR) is 62.8 cm³/mol. The zero-order valence-electron chi connectivity index (χ0n) is 9.76. The SMILES string of the molecule is CC(C)(O)C(C)(C)NC(=O)C1CSCN1. The lowest BCUT2D eigenvalue weighted by atomic mass is 9.86. The molecule has 1 amide bonds. The summed E-state index contributed by atoms with van der Waals surface area (Å²) in [6.07, 6.45) is 0. The monoisotopic (exact) mass is 232 g/mol. The fraction of sp³-hybridized carbons (Fsp3) is 0.900. The molecule has 3 N–H and O–H groups in total. The summed E-state index contributed by atoms with van der Waals surface area (Å²) in [5.74, 6) is 1.58. The van der Waals surface area contributed by atoms with Gasteiger partial charge in [-0.15, -0.1) is 11.8 Å². The van der Waals surface area contributed by atoms with E-state index in [1.54, 1.807) is 25.6 Å². The molecule has 1 heterocycles. The van der Waals surface area contributed by atoms with Crippen LogP contribution in [0, 0.1) is 0 Å². The van der Waals surface area contributed by atoms with E-state index in [4.69, 9.17) is 0 Å². The lowest BCUT2D eigenvalue weighted by molar-refractivity contribution is -0.127. The first-order chi connectivity index (χ1) is 6.74. The molecule has 0 bridgehead atoms. The van der Waals surface area contributed by atoms with Gasteiger partial charge in [-0.3, -0.25) is 10.1 Å². The van der Waals surface area contributed by atoms with Crippen LogP contribution in [0.3, 0.4) is 0 Å². The maximum Gasteiger partial charge on any atom is 0.238 e. The van der Waals surface area contributed by atoms with Crippen LogP contribution in [0.15, 0.2) is 0 Å². The quantitative estimate of drug-likeness (QED) is 0.655. The Balaban J connectivity index is 2.57. The van der Waals surface area contributed by atoms with Gasteiger partial charge in [0, 0.05) is 11.6 Å². The van der Waals surface area contributed by atoms with E-state index in [0.717, 1.165) is 11.6 Å². The molecule has 5 heteroatoms. The van der Waals surface area contributed by atoms with Gasteiger partial charge in [-0.05, 0) is 27.7 Å². The van der Waals surface area contributed by atoms with E-state index in [0.29, 0.717) is 0 Å². The summed E-state index contributed by atoms with van der Waals surface area (Å²) in [4.78, 5) is 11.8. The molecule has 0 saturated carbocycles. The number of carbonyl (C=O) groups is 1. The van der Waals surface area contributed by atoms with Crippen molar-refractivity contribution in [2.45, 2.75) is 44.9 Å². The summed E-state index contributed by atoms with van der Waals surface area (Å²) >= 11 is 1.71. The average Bonchev–Trinajstić information content (AvgIpc) is 2.51. The molecule has 1 fully saturated rings. The van der Waals surface area contributed by atoms with E-state index in [1.165, 1.54) is 0 Å². The van der Waals surface area contributed by atoms with Gasteiger partial charge in [0.25, 0.3) is 0 Å². The Morgan fingerprint density at radius 1 is 1.47 bits per heavy atom. The molecule has 4 nitrogen and oxygen atoms in total. The van der Waals surface area contributed by atoms with Gasteiger partial charge in [-0.2, -0.15) is 0 Å². The number of hydrogen-bond donors (Lipinski definition) is 3. The van der Waals surface area contributed by atoms with Gasteiger partial charge in [0.1, 0.15) is 0 Å². The second-order valence-electron chi connectivity index (χ2n) is 4.95. The molecule has 0 aromatic heterocycles. The van der Waals surface area contributed by atoms with Crippen molar-refractivity contribution in [3.63, 3.8) is 0 Å². The molecule has 1 saturated heterocycles. The molecule has 0 aromatic rings. The zero-order valence-corrected chi connectivity index (χ0v) is 10.6. The van der Waals surface area contributed by atoms with E-state index >= 15 is 0 Å². The summed E-state index contributed by atoms with van der Waals surface area (Å²) < 4.78 is 0. The van der Waals surface area contributed by atoms with Gasteiger partial charge < -0.3 is 10.4 Å². The second kappa shape index (κ2) is 4.31. The van der Waals surface area contributed by atoms with Crippen LogP contribution < -0.4 is 10.6 Å². The minimum Gasteiger partial charge on any atom is -0.388 e. The highest BCUT2D eigenvalue weighted by Gasteiger charge is 2.38. The third-order valence-corrected chi connectivity index (χ3v) is 3.94. The lowest BCUT2D eigenvalue weighted by Crippen LogP contribution is -2.60. The fourth-order valence-corrected chi connectivity index (χ4v) is 2.05. The third kappa shape index (κ3) is 3.09. The first-order valence-electron chi connectivity index (χ1n) is 5.09. The predicted octanol–water partition coefficient (Wildman–Crippen LogP) is 0.315. The van der Waals surface area contributed by atoms with Crippen LogP contribution in [0.2, 0.25) is 0 Å². The van der Waals surface area contributed by atoms with E-state index in [1.807, 2.05) is 13.8 Å². The van der Waals surface area contributed by atoms with Crippen LogP contribution in [0.5, 0.6) is 0 Å². The maximum atomic E-state index is 11.8. The molecular formula is C10H20N2O2S. The molecule has 1 aliphatic rings. The summed E-state index contributed by atoms with van der Waals surface area (Å²) in [5, 5.41) is 15.9. The van der Waals surface area contributed by atoms with Gasteiger partial charge in [-0.25, -0.2) is 0 Å². The van der Waals surface area contributed by atoms with E-state index in [9.17, 15) is 9.90 Å². The highest BCUT2D eigenvalue weighted by Crippen LogP contribution is 2.21. The van der Waals surface area contributed by atoms with Crippen LogP contribution in [0.1, 0.15) is 27.7 Å². The van der Waals surface area contributed by atoms with Gasteiger partial charge in [0.05, 0.1) is 17.2 Å². The third-order valence-electron chi connectivity index (χ3n) is 3.00. The first-order valence-corrected chi connectivity index (χ1v) is 6.25. The molecule has 1 atom stereocenters. The van der Waals surface area contributed by atoms with Crippen molar-refractivity contribution in [2.75, 3.05) is 11.6 Å². The Bertz CT molecular complexity index is 242. The molecule has 0 aromatic carbocycles. The van der Waals surface area contributed by atoms with E-state index in [-0.39, 0.29) is 11.9 Å². The Labute approximate surface area is 95.2 Å². The zero-order chi connectivity index (χ0) is 11.7. The molecule has 0 spiro atoms. The highest BCUT2D eigenvalue weighted by atomic mass is 32.2. The minimum atomic E-state index is -0.936. The normalized spacial score (nSPS) is 22.9. The number of hydrogen-bond acceptors (Lipinski definition) is 4. The van der Waals surface area contributed by atoms with Crippen LogP contribution in [-0.4, -0.2) is 39.8 Å². The molecule has 1 rings (SSSR count). The van der Waals surface area contributed by atoms with Crippen molar-refractivity contribution in [3.8, 4) is 0 Å². The topological polar surface area (TPSA) is 61.4 Å². The smallest absolute Gasteiger partial charge is 0.238 e. The van der Waals surface area contributed by atoms with Gasteiger partial charge in [-0.1, -0.05) is 0 Å². The minimum absolute atomic E-state index is 0.0351. The van der Waals surface area contributed by atoms with Crippen LogP contribution in [0.25, 0.3) is 0 Å². The number of rotatable bonds is 3. The largest absolute Gasteiger partial charge is 0.388 e. The van der Waals surface area contributed by atoms with Crippen molar-refractivity contribution in [2.24, 2.45) is 0 Å². The Morgan fingerprint density at radius 3 is 2.47 bits per heavy atom. The highest BCUT2D eigenvalue weighted by molar-refractivity contribution is 7.99. The van der Waals surface area contributed by atoms with Crippen molar-refractivity contribution in [1.29, 1.82) is 0 Å².